The topological polar surface area (TPSA) is 3.24 Å². The van der Waals surface area contributed by atoms with Gasteiger partial charge in [0, 0.05) is 6.54 Å². The second kappa shape index (κ2) is 5.71. The van der Waals surface area contributed by atoms with E-state index in [-0.39, 0.29) is 5.41 Å². The van der Waals surface area contributed by atoms with E-state index < -0.39 is 0 Å². The molecule has 98 valence electrons. The molecule has 2 rings (SSSR count). The van der Waals surface area contributed by atoms with Crippen LogP contribution in [-0.2, 0) is 0 Å². The fourth-order valence-corrected chi connectivity index (χ4v) is 2.58. The summed E-state index contributed by atoms with van der Waals surface area (Å²) in [6, 6.07) is 10.8. The Balaban J connectivity index is 2.20. The van der Waals surface area contributed by atoms with Gasteiger partial charge in [0.1, 0.15) is 0 Å². The van der Waals surface area contributed by atoms with Crippen LogP contribution in [0, 0.1) is 5.41 Å². The van der Waals surface area contributed by atoms with Crippen molar-refractivity contribution in [2.75, 3.05) is 19.6 Å². The van der Waals surface area contributed by atoms with Crippen LogP contribution in [0.5, 0.6) is 0 Å². The van der Waals surface area contributed by atoms with E-state index in [0.717, 1.165) is 6.54 Å². The third kappa shape index (κ3) is 3.99. The van der Waals surface area contributed by atoms with E-state index in [1.807, 2.05) is 0 Å². The van der Waals surface area contributed by atoms with Crippen molar-refractivity contribution in [3.05, 3.63) is 42.0 Å². The number of nitrogens with zero attached hydrogens (tertiary/aromatic N) is 1. The minimum atomic E-state index is 0.241. The van der Waals surface area contributed by atoms with Crippen molar-refractivity contribution in [3.8, 4) is 0 Å². The summed E-state index contributed by atoms with van der Waals surface area (Å²) in [7, 11) is 0. The van der Waals surface area contributed by atoms with Crippen molar-refractivity contribution in [1.29, 1.82) is 0 Å². The van der Waals surface area contributed by atoms with Crippen LogP contribution in [0.15, 0.2) is 36.4 Å². The van der Waals surface area contributed by atoms with Gasteiger partial charge in [-0.15, -0.1) is 0 Å². The molecule has 0 amide bonds. The first-order chi connectivity index (χ1) is 8.54. The largest absolute Gasteiger partial charge is 0.299 e. The molecule has 1 aliphatic rings. The predicted molar refractivity (Wildman–Crippen MR) is 79.5 cm³/mol. The molecule has 0 aromatic heterocycles. The molecule has 0 N–H and O–H groups in total. The predicted octanol–water partition coefficient (Wildman–Crippen LogP) is 4.21. The minimum absolute atomic E-state index is 0.241. The molecular formula is C17H25N. The number of benzene rings is 1. The molecule has 0 aliphatic carbocycles. The molecular weight excluding hydrogens is 218 g/mol. The second-order valence-corrected chi connectivity index (χ2v) is 6.38. The lowest BCUT2D eigenvalue weighted by molar-refractivity contribution is 0.381. The molecule has 1 heteroatoms. The van der Waals surface area contributed by atoms with Crippen LogP contribution < -0.4 is 0 Å². The van der Waals surface area contributed by atoms with Crippen LogP contribution in [0.25, 0.3) is 5.57 Å². The van der Waals surface area contributed by atoms with E-state index in [0.29, 0.717) is 0 Å². The van der Waals surface area contributed by atoms with E-state index in [2.05, 4.69) is 62.1 Å². The number of hydrogen-bond acceptors (Lipinski definition) is 1. The minimum Gasteiger partial charge on any atom is -0.299 e. The molecule has 1 aromatic carbocycles. The van der Waals surface area contributed by atoms with Gasteiger partial charge in [-0.1, -0.05) is 57.2 Å². The highest BCUT2D eigenvalue weighted by molar-refractivity contribution is 5.67. The zero-order valence-corrected chi connectivity index (χ0v) is 11.9. The molecule has 1 fully saturated rings. The molecule has 0 atom stereocenters. The summed E-state index contributed by atoms with van der Waals surface area (Å²) < 4.78 is 0. The summed E-state index contributed by atoms with van der Waals surface area (Å²) in [5.41, 5.74) is 3.09. The highest BCUT2D eigenvalue weighted by Crippen LogP contribution is 2.25. The van der Waals surface area contributed by atoms with Crippen molar-refractivity contribution in [2.45, 2.75) is 33.6 Å². The van der Waals surface area contributed by atoms with Gasteiger partial charge in [0.25, 0.3) is 0 Å². The third-order valence-electron chi connectivity index (χ3n) is 3.34. The van der Waals surface area contributed by atoms with Gasteiger partial charge in [0.15, 0.2) is 0 Å². The molecule has 0 saturated carbocycles. The van der Waals surface area contributed by atoms with Gasteiger partial charge in [-0.25, -0.2) is 0 Å². The standard InChI is InChI=1S/C17H25N/c1-17(2,3)13-16(14-18-11-7-8-12-18)15-9-5-4-6-10-15/h4-6,9-10,13H,7-8,11-12,14H2,1-3H3/b16-13-. The van der Waals surface area contributed by atoms with Crippen LogP contribution >= 0.6 is 0 Å². The van der Waals surface area contributed by atoms with Crippen LogP contribution in [0.2, 0.25) is 0 Å². The Morgan fingerprint density at radius 2 is 1.72 bits per heavy atom. The average molecular weight is 243 g/mol. The van der Waals surface area contributed by atoms with Crippen LogP contribution in [0.3, 0.4) is 0 Å². The second-order valence-electron chi connectivity index (χ2n) is 6.38. The van der Waals surface area contributed by atoms with Crippen LogP contribution in [0.4, 0.5) is 0 Å². The Morgan fingerprint density at radius 1 is 1.11 bits per heavy atom. The van der Waals surface area contributed by atoms with Gasteiger partial charge in [-0.3, -0.25) is 4.90 Å². The highest BCUT2D eigenvalue weighted by Gasteiger charge is 2.16. The van der Waals surface area contributed by atoms with Gasteiger partial charge in [-0.05, 0) is 42.5 Å². The maximum Gasteiger partial charge on any atom is 0.0236 e. The fourth-order valence-electron chi connectivity index (χ4n) is 2.58. The Labute approximate surface area is 112 Å². The molecule has 1 aromatic rings. The van der Waals surface area contributed by atoms with Crippen molar-refractivity contribution in [3.63, 3.8) is 0 Å². The number of hydrogen-bond donors (Lipinski definition) is 0. The zero-order valence-electron chi connectivity index (χ0n) is 11.9. The van der Waals surface area contributed by atoms with E-state index in [4.69, 9.17) is 0 Å². The Bertz CT molecular complexity index is 391. The van der Waals surface area contributed by atoms with Crippen molar-refractivity contribution in [2.24, 2.45) is 5.41 Å². The number of likely N-dealkylation sites (tertiary alicyclic amines) is 1. The molecule has 0 bridgehead atoms. The number of rotatable bonds is 3. The van der Waals surface area contributed by atoms with Crippen molar-refractivity contribution < 1.29 is 0 Å². The van der Waals surface area contributed by atoms with E-state index >= 15 is 0 Å². The summed E-state index contributed by atoms with van der Waals surface area (Å²) in [6.45, 7) is 10.4. The quantitative estimate of drug-likeness (QED) is 0.768. The Morgan fingerprint density at radius 3 is 2.28 bits per heavy atom. The van der Waals surface area contributed by atoms with Gasteiger partial charge >= 0.3 is 0 Å². The smallest absolute Gasteiger partial charge is 0.0236 e. The summed E-state index contributed by atoms with van der Waals surface area (Å²) in [5.74, 6) is 0. The molecule has 1 saturated heterocycles. The van der Waals surface area contributed by atoms with Crippen molar-refractivity contribution in [1.82, 2.24) is 4.90 Å². The third-order valence-corrected chi connectivity index (χ3v) is 3.34. The number of allylic oxidation sites excluding steroid dienone is 1. The Hall–Kier alpha value is -1.08. The molecule has 18 heavy (non-hydrogen) atoms. The highest BCUT2D eigenvalue weighted by atomic mass is 15.1. The first kappa shape index (κ1) is 13.4. The van der Waals surface area contributed by atoms with E-state index in [1.54, 1.807) is 0 Å². The molecule has 1 nitrogen and oxygen atoms in total. The lowest BCUT2D eigenvalue weighted by Crippen LogP contribution is -2.22. The lowest BCUT2D eigenvalue weighted by Gasteiger charge is -2.21. The summed E-state index contributed by atoms with van der Waals surface area (Å²) >= 11 is 0. The molecule has 1 heterocycles. The van der Waals surface area contributed by atoms with E-state index in [1.165, 1.54) is 37.1 Å². The molecule has 0 spiro atoms. The van der Waals surface area contributed by atoms with Gasteiger partial charge in [0.2, 0.25) is 0 Å². The first-order valence-electron chi connectivity index (χ1n) is 7.04. The van der Waals surface area contributed by atoms with Gasteiger partial charge in [-0.2, -0.15) is 0 Å². The molecule has 0 radical (unpaired) electrons. The fraction of sp³-hybridized carbons (Fsp3) is 0.529. The van der Waals surface area contributed by atoms with Crippen molar-refractivity contribution >= 4 is 5.57 Å². The van der Waals surface area contributed by atoms with Gasteiger partial charge < -0.3 is 0 Å². The van der Waals surface area contributed by atoms with Crippen LogP contribution in [-0.4, -0.2) is 24.5 Å². The summed E-state index contributed by atoms with van der Waals surface area (Å²) in [4.78, 5) is 2.57. The maximum atomic E-state index is 2.57. The Kier molecular flexibility index (Phi) is 4.23. The maximum absolute atomic E-state index is 2.57. The summed E-state index contributed by atoms with van der Waals surface area (Å²) in [6.07, 6.45) is 5.15. The summed E-state index contributed by atoms with van der Waals surface area (Å²) in [5, 5.41) is 0. The normalized spacial score (nSPS) is 18.3. The average Bonchev–Trinajstić information content (AvgIpc) is 2.80. The van der Waals surface area contributed by atoms with E-state index in [9.17, 15) is 0 Å². The first-order valence-corrected chi connectivity index (χ1v) is 7.04. The molecule has 1 aliphatic heterocycles. The van der Waals surface area contributed by atoms with Crippen LogP contribution in [0.1, 0.15) is 39.2 Å². The zero-order chi connectivity index (χ0) is 13.0. The van der Waals surface area contributed by atoms with Gasteiger partial charge in [0.05, 0.1) is 0 Å². The molecule has 0 unspecified atom stereocenters. The monoisotopic (exact) mass is 243 g/mol. The SMILES string of the molecule is CC(C)(C)/C=C(/CN1CCCC1)c1ccccc1. The lowest BCUT2D eigenvalue weighted by atomic mass is 9.91.